The summed E-state index contributed by atoms with van der Waals surface area (Å²) in [6, 6.07) is 6.43. The molecule has 0 aromatic carbocycles. The molecular weight excluding hydrogens is 390 g/mol. The first-order valence-corrected chi connectivity index (χ1v) is 9.76. The van der Waals surface area contributed by atoms with Crippen molar-refractivity contribution in [2.24, 2.45) is 5.73 Å². The van der Waals surface area contributed by atoms with Crippen LogP contribution in [0.2, 0.25) is 0 Å². The number of carboxylic acid groups (broad SMARTS) is 1. The maximum Gasteiger partial charge on any atom is 0.404 e. The van der Waals surface area contributed by atoms with Gasteiger partial charge in [0.1, 0.15) is 5.82 Å². The molecule has 6 N–H and O–H groups in total. The maximum atomic E-state index is 11.8. The van der Waals surface area contributed by atoms with E-state index in [0.29, 0.717) is 29.8 Å². The molecule has 2 aromatic heterocycles. The first-order chi connectivity index (χ1) is 14.5. The topological polar surface area (TPSA) is 164 Å². The van der Waals surface area contributed by atoms with E-state index in [0.717, 1.165) is 25.7 Å². The number of aromatic nitrogens is 3. The number of carbonyl (C=O) groups is 2. The molecule has 1 aliphatic rings. The molecule has 1 fully saturated rings. The van der Waals surface area contributed by atoms with Gasteiger partial charge >= 0.3 is 6.09 Å². The average Bonchev–Trinajstić information content (AvgIpc) is 2.70. The molecule has 1 aliphatic carbocycles. The van der Waals surface area contributed by atoms with Gasteiger partial charge in [-0.1, -0.05) is 18.9 Å². The second kappa shape index (κ2) is 9.72. The van der Waals surface area contributed by atoms with Gasteiger partial charge in [0.2, 0.25) is 5.88 Å². The predicted octanol–water partition coefficient (Wildman–Crippen LogP) is 2.10. The minimum absolute atomic E-state index is 0.0342. The van der Waals surface area contributed by atoms with Crippen LogP contribution < -0.4 is 26.4 Å². The summed E-state index contributed by atoms with van der Waals surface area (Å²) in [5, 5.41) is 25.8. The van der Waals surface area contributed by atoms with Crippen LogP contribution in [-0.4, -0.2) is 51.0 Å². The van der Waals surface area contributed by atoms with E-state index in [1.807, 2.05) is 6.92 Å². The van der Waals surface area contributed by atoms with Gasteiger partial charge in [-0.05, 0) is 25.8 Å². The van der Waals surface area contributed by atoms with Crippen molar-refractivity contribution in [2.75, 3.05) is 17.2 Å². The van der Waals surface area contributed by atoms with Crippen molar-refractivity contribution >= 4 is 29.3 Å². The summed E-state index contributed by atoms with van der Waals surface area (Å²) in [7, 11) is 0. The molecule has 0 aliphatic heterocycles. The highest BCUT2D eigenvalue weighted by molar-refractivity contribution is 5.97. The zero-order chi connectivity index (χ0) is 21.5. The lowest BCUT2D eigenvalue weighted by molar-refractivity contribution is 0.0995. The normalized spacial score (nSPS) is 18.3. The van der Waals surface area contributed by atoms with E-state index in [4.69, 9.17) is 15.6 Å². The lowest BCUT2D eigenvalue weighted by atomic mass is 9.90. The Labute approximate surface area is 173 Å². The molecule has 2 aromatic rings. The summed E-state index contributed by atoms with van der Waals surface area (Å²) in [6.45, 7) is 2.33. The second-order valence-electron chi connectivity index (χ2n) is 6.87. The van der Waals surface area contributed by atoms with Crippen LogP contribution in [0.1, 0.15) is 43.1 Å². The summed E-state index contributed by atoms with van der Waals surface area (Å²) >= 11 is 0. The molecular formula is C19H25N7O4. The SMILES string of the molecule is CCOc1cccc(Nc2cc(NC3CCCCC3NC(=O)O)nnc2C(N)=O)n1. The van der Waals surface area contributed by atoms with Gasteiger partial charge in [0, 0.05) is 18.2 Å². The van der Waals surface area contributed by atoms with Gasteiger partial charge in [-0.2, -0.15) is 4.98 Å². The molecule has 0 spiro atoms. The quantitative estimate of drug-likeness (QED) is 0.434. The van der Waals surface area contributed by atoms with Crippen LogP contribution >= 0.6 is 0 Å². The van der Waals surface area contributed by atoms with Crippen molar-refractivity contribution in [3.8, 4) is 5.88 Å². The Bertz CT molecular complexity index is 908. The van der Waals surface area contributed by atoms with Crippen molar-refractivity contribution in [2.45, 2.75) is 44.7 Å². The minimum Gasteiger partial charge on any atom is -0.478 e. The summed E-state index contributed by atoms with van der Waals surface area (Å²) in [5.41, 5.74) is 5.73. The number of carbonyl (C=O) groups excluding carboxylic acids is 1. The molecule has 2 amide bonds. The third kappa shape index (κ3) is 5.46. The zero-order valence-electron chi connectivity index (χ0n) is 16.6. The summed E-state index contributed by atoms with van der Waals surface area (Å²) in [6.07, 6.45) is 2.37. The zero-order valence-corrected chi connectivity index (χ0v) is 16.6. The van der Waals surface area contributed by atoms with Crippen molar-refractivity contribution in [3.05, 3.63) is 30.0 Å². The highest BCUT2D eigenvalue weighted by Crippen LogP contribution is 2.25. The van der Waals surface area contributed by atoms with Crippen LogP contribution in [0.5, 0.6) is 5.88 Å². The molecule has 2 atom stereocenters. The van der Waals surface area contributed by atoms with E-state index in [2.05, 4.69) is 31.1 Å². The summed E-state index contributed by atoms with van der Waals surface area (Å²) in [5.74, 6) is 0.548. The Kier molecular flexibility index (Phi) is 6.83. The second-order valence-corrected chi connectivity index (χ2v) is 6.87. The Hall–Kier alpha value is -3.63. The summed E-state index contributed by atoms with van der Waals surface area (Å²) < 4.78 is 5.39. The fourth-order valence-corrected chi connectivity index (χ4v) is 3.42. The number of nitrogens with zero attached hydrogens (tertiary/aromatic N) is 3. The van der Waals surface area contributed by atoms with Gasteiger partial charge in [0.15, 0.2) is 11.5 Å². The van der Waals surface area contributed by atoms with Crippen LogP contribution in [0.25, 0.3) is 0 Å². The van der Waals surface area contributed by atoms with Gasteiger partial charge in [-0.3, -0.25) is 4.79 Å². The standard InChI is InChI=1S/C19H25N7O4/c1-2-30-16-9-5-8-14(24-16)22-13-10-15(25-26-17(13)18(20)27)21-11-6-3-4-7-12(11)23-19(28)29/h5,8-12,23H,2-4,6-7H2,1H3,(H2,20,27)(H,28,29)(H2,21,22,24,25). The number of hydrogen-bond donors (Lipinski definition) is 5. The summed E-state index contributed by atoms with van der Waals surface area (Å²) in [4.78, 5) is 27.2. The number of nitrogens with one attached hydrogen (secondary N) is 3. The molecule has 3 rings (SSSR count). The van der Waals surface area contributed by atoms with Gasteiger partial charge in [-0.25, -0.2) is 4.79 Å². The smallest absolute Gasteiger partial charge is 0.404 e. The Morgan fingerprint density at radius 2 is 1.97 bits per heavy atom. The number of nitrogens with two attached hydrogens (primary N) is 1. The van der Waals surface area contributed by atoms with Crippen LogP contribution in [-0.2, 0) is 0 Å². The average molecular weight is 415 g/mol. The largest absolute Gasteiger partial charge is 0.478 e. The molecule has 2 heterocycles. The first-order valence-electron chi connectivity index (χ1n) is 9.76. The monoisotopic (exact) mass is 415 g/mol. The van der Waals surface area contributed by atoms with Gasteiger partial charge in [0.25, 0.3) is 5.91 Å². The van der Waals surface area contributed by atoms with E-state index in [9.17, 15) is 9.59 Å². The Balaban J connectivity index is 1.82. The third-order valence-corrected chi connectivity index (χ3v) is 4.71. The Morgan fingerprint density at radius 3 is 2.67 bits per heavy atom. The number of hydrogen-bond acceptors (Lipinski definition) is 8. The molecule has 1 saturated carbocycles. The van der Waals surface area contributed by atoms with Crippen molar-refractivity contribution < 1.29 is 19.4 Å². The highest BCUT2D eigenvalue weighted by Gasteiger charge is 2.27. The van der Waals surface area contributed by atoms with Gasteiger partial charge < -0.3 is 31.5 Å². The molecule has 0 bridgehead atoms. The number of rotatable bonds is 8. The molecule has 2 unspecified atom stereocenters. The van der Waals surface area contributed by atoms with Crippen LogP contribution in [0.4, 0.5) is 22.1 Å². The Morgan fingerprint density at radius 1 is 1.20 bits per heavy atom. The van der Waals surface area contributed by atoms with Crippen molar-refractivity contribution in [1.29, 1.82) is 0 Å². The highest BCUT2D eigenvalue weighted by atomic mass is 16.5. The number of ether oxygens (including phenoxy) is 1. The van der Waals surface area contributed by atoms with Crippen LogP contribution in [0.15, 0.2) is 24.3 Å². The van der Waals surface area contributed by atoms with Gasteiger partial charge in [-0.15, -0.1) is 10.2 Å². The van der Waals surface area contributed by atoms with E-state index < -0.39 is 12.0 Å². The number of anilines is 3. The van der Waals surface area contributed by atoms with Gasteiger partial charge in [0.05, 0.1) is 18.3 Å². The van der Waals surface area contributed by atoms with E-state index in [-0.39, 0.29) is 17.8 Å². The minimum atomic E-state index is -1.06. The molecule has 11 heteroatoms. The number of pyridine rings is 1. The number of amides is 2. The molecule has 0 saturated heterocycles. The van der Waals surface area contributed by atoms with Crippen molar-refractivity contribution in [3.63, 3.8) is 0 Å². The van der Waals surface area contributed by atoms with E-state index in [1.165, 1.54) is 0 Å². The van der Waals surface area contributed by atoms with Crippen LogP contribution in [0, 0.1) is 0 Å². The third-order valence-electron chi connectivity index (χ3n) is 4.71. The number of primary amides is 1. The van der Waals surface area contributed by atoms with E-state index in [1.54, 1.807) is 24.3 Å². The molecule has 30 heavy (non-hydrogen) atoms. The fraction of sp³-hybridized carbons (Fsp3) is 0.421. The molecule has 0 radical (unpaired) electrons. The molecule has 11 nitrogen and oxygen atoms in total. The fourth-order valence-electron chi connectivity index (χ4n) is 3.42. The lowest BCUT2D eigenvalue weighted by Gasteiger charge is -2.32. The first kappa shape index (κ1) is 21.1. The van der Waals surface area contributed by atoms with Crippen molar-refractivity contribution in [1.82, 2.24) is 20.5 Å². The van der Waals surface area contributed by atoms with E-state index >= 15 is 0 Å². The lowest BCUT2D eigenvalue weighted by Crippen LogP contribution is -2.48. The predicted molar refractivity (Wildman–Crippen MR) is 110 cm³/mol. The molecule has 160 valence electrons. The van der Waals surface area contributed by atoms with Crippen LogP contribution in [0.3, 0.4) is 0 Å². The maximum absolute atomic E-state index is 11.8.